The van der Waals surface area contributed by atoms with E-state index >= 15 is 0 Å². The zero-order valence-corrected chi connectivity index (χ0v) is 43.3. The Morgan fingerprint density at radius 1 is 0.308 bits per heavy atom. The standard InChI is InChI=1S/C59H106O6/c1-4-7-10-13-16-19-22-25-27-28-29-30-32-34-37-40-43-46-49-52-58(61)64-55-56(54-63-57(60)51-48-45-42-39-36-33-24-21-18-15-12-9-6-3)65-59(62)53-50-47-44-41-38-35-31-26-23-20-17-14-11-8-5-2/h16,19-21,23-25,27,56H,4-15,17-18,22,26,28-55H2,1-3H3/b19-16+,23-20+,24-21+,27-25+/t56-/m1/s1. The van der Waals surface area contributed by atoms with Crippen molar-refractivity contribution >= 4 is 17.9 Å². The highest BCUT2D eigenvalue weighted by Gasteiger charge is 2.19. The number of ether oxygens (including phenoxy) is 3. The van der Waals surface area contributed by atoms with Crippen LogP contribution in [0.25, 0.3) is 0 Å². The molecule has 0 saturated heterocycles. The fraction of sp³-hybridized carbons (Fsp3) is 0.814. The normalized spacial score (nSPS) is 12.4. The molecule has 0 radical (unpaired) electrons. The first-order valence-electron chi connectivity index (χ1n) is 28.1. The SMILES string of the molecule is CCCCC/C=C/C/C=C/CCCCCCCCCCCC(=O)OC[C@@H](COC(=O)CCCCCCC/C=C/CCCCCC)OC(=O)CCCCCCCCC/C=C/CCCCCC. The van der Waals surface area contributed by atoms with Crippen molar-refractivity contribution in [2.45, 2.75) is 297 Å². The molecule has 6 heteroatoms. The average molecular weight is 911 g/mol. The lowest BCUT2D eigenvalue weighted by molar-refractivity contribution is -0.167. The van der Waals surface area contributed by atoms with Crippen molar-refractivity contribution < 1.29 is 28.6 Å². The molecule has 0 aromatic rings. The Bertz CT molecular complexity index is 1140. The minimum absolute atomic E-state index is 0.0783. The van der Waals surface area contributed by atoms with Crippen LogP contribution < -0.4 is 0 Å². The molecule has 0 saturated carbocycles. The van der Waals surface area contributed by atoms with Gasteiger partial charge in [-0.05, 0) is 103 Å². The van der Waals surface area contributed by atoms with Gasteiger partial charge in [0, 0.05) is 19.3 Å². The van der Waals surface area contributed by atoms with E-state index in [0.717, 1.165) is 70.6 Å². The van der Waals surface area contributed by atoms with E-state index in [0.29, 0.717) is 19.3 Å². The molecule has 0 bridgehead atoms. The Kier molecular flexibility index (Phi) is 51.8. The maximum absolute atomic E-state index is 12.8. The molecule has 378 valence electrons. The molecule has 0 aliphatic heterocycles. The third-order valence-electron chi connectivity index (χ3n) is 12.3. The lowest BCUT2D eigenvalue weighted by Crippen LogP contribution is -2.30. The maximum Gasteiger partial charge on any atom is 0.306 e. The Hall–Kier alpha value is -2.63. The lowest BCUT2D eigenvalue weighted by Gasteiger charge is -2.18. The highest BCUT2D eigenvalue weighted by atomic mass is 16.6. The molecule has 0 aliphatic carbocycles. The van der Waals surface area contributed by atoms with Gasteiger partial charge in [-0.3, -0.25) is 14.4 Å². The molecule has 1 atom stereocenters. The number of allylic oxidation sites excluding steroid dienone is 8. The van der Waals surface area contributed by atoms with E-state index < -0.39 is 6.10 Å². The predicted octanol–water partition coefficient (Wildman–Crippen LogP) is 18.7. The number of hydrogen-bond donors (Lipinski definition) is 0. The summed E-state index contributed by atoms with van der Waals surface area (Å²) in [6.45, 7) is 6.60. The molecule has 0 aromatic heterocycles. The first kappa shape index (κ1) is 62.4. The Balaban J connectivity index is 4.35. The topological polar surface area (TPSA) is 78.9 Å². The summed E-state index contributed by atoms with van der Waals surface area (Å²) in [5, 5.41) is 0. The minimum atomic E-state index is -0.779. The Morgan fingerprint density at radius 3 is 0.892 bits per heavy atom. The van der Waals surface area contributed by atoms with E-state index in [9.17, 15) is 14.4 Å². The number of esters is 3. The first-order valence-corrected chi connectivity index (χ1v) is 28.1. The van der Waals surface area contributed by atoms with Crippen molar-refractivity contribution in [3.8, 4) is 0 Å². The number of carbonyl (C=O) groups excluding carboxylic acids is 3. The van der Waals surface area contributed by atoms with Gasteiger partial charge in [-0.15, -0.1) is 0 Å². The molecule has 6 nitrogen and oxygen atoms in total. The van der Waals surface area contributed by atoms with Crippen molar-refractivity contribution in [2.75, 3.05) is 13.2 Å². The second kappa shape index (κ2) is 54.0. The summed E-state index contributed by atoms with van der Waals surface area (Å²) in [6, 6.07) is 0. The van der Waals surface area contributed by atoms with Crippen LogP contribution in [0.15, 0.2) is 48.6 Å². The number of carbonyl (C=O) groups is 3. The van der Waals surface area contributed by atoms with Crippen LogP contribution in [0.1, 0.15) is 290 Å². The van der Waals surface area contributed by atoms with Gasteiger partial charge in [0.2, 0.25) is 0 Å². The zero-order valence-electron chi connectivity index (χ0n) is 43.3. The van der Waals surface area contributed by atoms with Gasteiger partial charge in [-0.1, -0.05) is 217 Å². The predicted molar refractivity (Wildman–Crippen MR) is 279 cm³/mol. The maximum atomic E-state index is 12.8. The molecular formula is C59H106O6. The van der Waals surface area contributed by atoms with Gasteiger partial charge in [0.15, 0.2) is 6.10 Å². The molecule has 0 spiro atoms. The average Bonchev–Trinajstić information content (AvgIpc) is 3.30. The van der Waals surface area contributed by atoms with Crippen LogP contribution in [0.5, 0.6) is 0 Å². The van der Waals surface area contributed by atoms with Crippen LogP contribution in [0.3, 0.4) is 0 Å². The second-order valence-corrected chi connectivity index (χ2v) is 18.8. The van der Waals surface area contributed by atoms with Gasteiger partial charge < -0.3 is 14.2 Å². The van der Waals surface area contributed by atoms with Crippen LogP contribution in [0, 0.1) is 0 Å². The number of hydrogen-bond acceptors (Lipinski definition) is 6. The third kappa shape index (κ3) is 52.2. The van der Waals surface area contributed by atoms with E-state index in [1.54, 1.807) is 0 Å². The van der Waals surface area contributed by atoms with E-state index in [-0.39, 0.29) is 31.1 Å². The summed E-state index contributed by atoms with van der Waals surface area (Å²) in [7, 11) is 0. The molecule has 0 unspecified atom stereocenters. The summed E-state index contributed by atoms with van der Waals surface area (Å²) in [5.74, 6) is -0.885. The van der Waals surface area contributed by atoms with Crippen LogP contribution >= 0.6 is 0 Å². The summed E-state index contributed by atoms with van der Waals surface area (Å²) in [5.41, 5.74) is 0. The smallest absolute Gasteiger partial charge is 0.306 e. The fourth-order valence-electron chi connectivity index (χ4n) is 7.99. The number of rotatable bonds is 51. The minimum Gasteiger partial charge on any atom is -0.462 e. The highest BCUT2D eigenvalue weighted by Crippen LogP contribution is 2.15. The molecular weight excluding hydrogens is 805 g/mol. The van der Waals surface area contributed by atoms with E-state index in [2.05, 4.69) is 69.4 Å². The van der Waals surface area contributed by atoms with E-state index in [1.165, 1.54) is 180 Å². The first-order chi connectivity index (χ1) is 32.0. The van der Waals surface area contributed by atoms with Crippen molar-refractivity contribution in [1.29, 1.82) is 0 Å². The van der Waals surface area contributed by atoms with Gasteiger partial charge in [-0.25, -0.2) is 0 Å². The quantitative estimate of drug-likeness (QED) is 0.0262. The summed E-state index contributed by atoms with van der Waals surface area (Å²) in [6.07, 6.45) is 65.2. The molecule has 0 aliphatic rings. The van der Waals surface area contributed by atoms with Gasteiger partial charge in [-0.2, -0.15) is 0 Å². The molecule has 0 N–H and O–H groups in total. The van der Waals surface area contributed by atoms with E-state index in [1.807, 2.05) is 0 Å². The monoisotopic (exact) mass is 911 g/mol. The lowest BCUT2D eigenvalue weighted by atomic mass is 10.1. The van der Waals surface area contributed by atoms with Crippen molar-refractivity contribution in [3.05, 3.63) is 48.6 Å². The van der Waals surface area contributed by atoms with Gasteiger partial charge in [0.25, 0.3) is 0 Å². The Labute approximate surface area is 403 Å². The fourth-order valence-corrected chi connectivity index (χ4v) is 7.99. The molecule has 0 heterocycles. The van der Waals surface area contributed by atoms with Crippen molar-refractivity contribution in [1.82, 2.24) is 0 Å². The van der Waals surface area contributed by atoms with Crippen LogP contribution in [-0.4, -0.2) is 37.2 Å². The van der Waals surface area contributed by atoms with Crippen LogP contribution in [0.2, 0.25) is 0 Å². The van der Waals surface area contributed by atoms with Crippen molar-refractivity contribution in [3.63, 3.8) is 0 Å². The highest BCUT2D eigenvalue weighted by molar-refractivity contribution is 5.71. The molecule has 0 rings (SSSR count). The van der Waals surface area contributed by atoms with Gasteiger partial charge in [0.05, 0.1) is 0 Å². The van der Waals surface area contributed by atoms with Gasteiger partial charge >= 0.3 is 17.9 Å². The zero-order chi connectivity index (χ0) is 47.2. The molecule has 0 amide bonds. The summed E-state index contributed by atoms with van der Waals surface area (Å²) >= 11 is 0. The summed E-state index contributed by atoms with van der Waals surface area (Å²) < 4.78 is 16.8. The Morgan fingerprint density at radius 2 is 0.554 bits per heavy atom. The second-order valence-electron chi connectivity index (χ2n) is 18.8. The molecule has 0 fully saturated rings. The molecule has 0 aromatic carbocycles. The molecule has 65 heavy (non-hydrogen) atoms. The van der Waals surface area contributed by atoms with Crippen molar-refractivity contribution in [2.24, 2.45) is 0 Å². The van der Waals surface area contributed by atoms with E-state index in [4.69, 9.17) is 14.2 Å². The van der Waals surface area contributed by atoms with Crippen LogP contribution in [-0.2, 0) is 28.6 Å². The van der Waals surface area contributed by atoms with Gasteiger partial charge in [0.1, 0.15) is 13.2 Å². The summed E-state index contributed by atoms with van der Waals surface area (Å²) in [4.78, 5) is 38.1. The number of unbranched alkanes of at least 4 members (excludes halogenated alkanes) is 32. The van der Waals surface area contributed by atoms with Crippen LogP contribution in [0.4, 0.5) is 0 Å². The third-order valence-corrected chi connectivity index (χ3v) is 12.3. The largest absolute Gasteiger partial charge is 0.462 e.